The van der Waals surface area contributed by atoms with Crippen molar-refractivity contribution in [2.75, 3.05) is 0 Å². The number of hydrogen-bond donors (Lipinski definition) is 0. The lowest BCUT2D eigenvalue weighted by Gasteiger charge is -1.92. The van der Waals surface area contributed by atoms with E-state index in [0.29, 0.717) is 10.9 Å². The Bertz CT molecular complexity index is 372. The van der Waals surface area contributed by atoms with Gasteiger partial charge in [0, 0.05) is 16.7 Å². The van der Waals surface area contributed by atoms with Crippen molar-refractivity contribution in [2.45, 2.75) is 0 Å². The smallest absolute Gasteiger partial charge is 0.247 e. The highest BCUT2D eigenvalue weighted by Crippen LogP contribution is 2.19. The van der Waals surface area contributed by atoms with E-state index < -0.39 is 0 Å². The van der Waals surface area contributed by atoms with Gasteiger partial charge in [-0.3, -0.25) is 0 Å². The third-order valence-electron chi connectivity index (χ3n) is 1.37. The number of rotatable bonds is 1. The van der Waals surface area contributed by atoms with Gasteiger partial charge in [-0.2, -0.15) is 0 Å². The average Bonchev–Trinajstić information content (AvgIpc) is 2.56. The first-order chi connectivity index (χ1) is 5.86. The molecular formula is C8H4ClN2O. The third kappa shape index (κ3) is 1.31. The molecule has 0 unspecified atom stereocenters. The van der Waals surface area contributed by atoms with E-state index in [-0.39, 0.29) is 0 Å². The Hall–Kier alpha value is -1.35. The fourth-order valence-electron chi connectivity index (χ4n) is 0.869. The Balaban J connectivity index is 2.48. The van der Waals surface area contributed by atoms with Crippen LogP contribution >= 0.6 is 11.6 Å². The molecule has 0 N–H and O–H groups in total. The summed E-state index contributed by atoms with van der Waals surface area (Å²) >= 11 is 5.72. The topological polar surface area (TPSA) is 38.9 Å². The molecule has 4 heteroatoms. The van der Waals surface area contributed by atoms with Gasteiger partial charge in [-0.15, -0.1) is 10.2 Å². The molecule has 0 saturated heterocycles. The summed E-state index contributed by atoms with van der Waals surface area (Å²) in [7, 11) is 0. The first kappa shape index (κ1) is 7.31. The van der Waals surface area contributed by atoms with Gasteiger partial charge in [-0.25, -0.2) is 0 Å². The van der Waals surface area contributed by atoms with Crippen LogP contribution in [0.1, 0.15) is 0 Å². The Morgan fingerprint density at radius 3 is 3.08 bits per heavy atom. The van der Waals surface area contributed by atoms with Gasteiger partial charge >= 0.3 is 0 Å². The summed E-state index contributed by atoms with van der Waals surface area (Å²) < 4.78 is 4.98. The van der Waals surface area contributed by atoms with Crippen LogP contribution in [0.5, 0.6) is 0 Å². The number of aromatic nitrogens is 2. The van der Waals surface area contributed by atoms with Crippen LogP contribution < -0.4 is 0 Å². The number of hydrogen-bond acceptors (Lipinski definition) is 3. The summed E-state index contributed by atoms with van der Waals surface area (Å²) in [5, 5.41) is 7.83. The highest BCUT2D eigenvalue weighted by molar-refractivity contribution is 6.30. The van der Waals surface area contributed by atoms with Crippen LogP contribution in [0.15, 0.2) is 29.0 Å². The highest BCUT2D eigenvalue weighted by Gasteiger charge is 2.02. The lowest BCUT2D eigenvalue weighted by atomic mass is 10.2. The van der Waals surface area contributed by atoms with Gasteiger partial charge in [-0.1, -0.05) is 17.7 Å². The number of benzene rings is 1. The normalized spacial score (nSPS) is 10.1. The first-order valence-corrected chi connectivity index (χ1v) is 3.68. The van der Waals surface area contributed by atoms with Crippen molar-refractivity contribution in [1.82, 2.24) is 10.2 Å². The minimum atomic E-state index is 0.464. The van der Waals surface area contributed by atoms with Crippen LogP contribution in [-0.4, -0.2) is 10.2 Å². The van der Waals surface area contributed by atoms with E-state index >= 15 is 0 Å². The van der Waals surface area contributed by atoms with E-state index in [1.54, 1.807) is 18.2 Å². The van der Waals surface area contributed by atoms with Crippen LogP contribution in [0.3, 0.4) is 0 Å². The highest BCUT2D eigenvalue weighted by atomic mass is 35.5. The quantitative estimate of drug-likeness (QED) is 0.674. The van der Waals surface area contributed by atoms with Crippen molar-refractivity contribution in [3.05, 3.63) is 35.7 Å². The maximum absolute atomic E-state index is 5.72. The van der Waals surface area contributed by atoms with Gasteiger partial charge < -0.3 is 4.42 Å². The van der Waals surface area contributed by atoms with E-state index in [9.17, 15) is 0 Å². The Morgan fingerprint density at radius 1 is 1.50 bits per heavy atom. The van der Waals surface area contributed by atoms with Crippen molar-refractivity contribution >= 4 is 11.6 Å². The zero-order chi connectivity index (χ0) is 8.39. The second-order valence-electron chi connectivity index (χ2n) is 2.17. The minimum Gasteiger partial charge on any atom is -0.423 e. The summed E-state index contributed by atoms with van der Waals surface area (Å²) in [6, 6.07) is 8.04. The molecule has 1 heterocycles. The molecule has 0 amide bonds. The molecule has 0 spiro atoms. The summed E-state index contributed by atoms with van der Waals surface area (Å²) in [5.41, 5.74) is 0.802. The van der Waals surface area contributed by atoms with Crippen molar-refractivity contribution < 1.29 is 4.42 Å². The molecule has 1 aromatic heterocycles. The van der Waals surface area contributed by atoms with E-state index in [0.717, 1.165) is 5.56 Å². The molecule has 59 valence electrons. The summed E-state index contributed by atoms with van der Waals surface area (Å²) in [5.74, 6) is 0.464. The van der Waals surface area contributed by atoms with Crippen LogP contribution in [0.4, 0.5) is 0 Å². The summed E-state index contributed by atoms with van der Waals surface area (Å²) in [4.78, 5) is 0. The molecule has 3 nitrogen and oxygen atoms in total. The van der Waals surface area contributed by atoms with Gasteiger partial charge in [0.1, 0.15) is 0 Å². The fraction of sp³-hybridized carbons (Fsp3) is 0. The van der Waals surface area contributed by atoms with Gasteiger partial charge in [0.25, 0.3) is 0 Å². The second kappa shape index (κ2) is 2.95. The lowest BCUT2D eigenvalue weighted by Crippen LogP contribution is -1.77. The molecule has 12 heavy (non-hydrogen) atoms. The van der Waals surface area contributed by atoms with Crippen molar-refractivity contribution in [3.63, 3.8) is 0 Å². The maximum atomic E-state index is 5.72. The Morgan fingerprint density at radius 2 is 2.42 bits per heavy atom. The first-order valence-electron chi connectivity index (χ1n) is 3.30. The Labute approximate surface area is 74.0 Å². The van der Waals surface area contributed by atoms with Gasteiger partial charge in [0.05, 0.1) is 0 Å². The van der Waals surface area contributed by atoms with Crippen molar-refractivity contribution in [3.8, 4) is 11.5 Å². The predicted octanol–water partition coefficient (Wildman–Crippen LogP) is 2.19. The average molecular weight is 180 g/mol. The van der Waals surface area contributed by atoms with Gasteiger partial charge in [0.15, 0.2) is 0 Å². The zero-order valence-electron chi connectivity index (χ0n) is 5.99. The van der Waals surface area contributed by atoms with Crippen LogP contribution in [0.25, 0.3) is 11.5 Å². The fourth-order valence-corrected chi connectivity index (χ4v) is 1.05. The molecule has 0 bridgehead atoms. The lowest BCUT2D eigenvalue weighted by molar-refractivity contribution is 0.568. The molecule has 1 aromatic carbocycles. The molecule has 0 fully saturated rings. The molecule has 0 aliphatic heterocycles. The predicted molar refractivity (Wildman–Crippen MR) is 43.6 cm³/mol. The van der Waals surface area contributed by atoms with Gasteiger partial charge in [-0.05, 0) is 12.1 Å². The molecule has 2 rings (SSSR count). The van der Waals surface area contributed by atoms with Crippen molar-refractivity contribution in [1.29, 1.82) is 0 Å². The zero-order valence-corrected chi connectivity index (χ0v) is 6.75. The summed E-state index contributed by atoms with van der Waals surface area (Å²) in [6.07, 6.45) is 1.28. The molecule has 2 aromatic rings. The van der Waals surface area contributed by atoms with Crippen LogP contribution in [-0.2, 0) is 0 Å². The van der Waals surface area contributed by atoms with Crippen molar-refractivity contribution in [2.24, 2.45) is 0 Å². The van der Waals surface area contributed by atoms with Crippen LogP contribution in [0, 0.1) is 6.07 Å². The summed E-state index contributed by atoms with van der Waals surface area (Å²) in [6.45, 7) is 0. The molecule has 0 aliphatic carbocycles. The van der Waals surface area contributed by atoms with Gasteiger partial charge in [0.2, 0.25) is 12.3 Å². The van der Waals surface area contributed by atoms with E-state index in [1.807, 2.05) is 0 Å². The van der Waals surface area contributed by atoms with E-state index in [1.165, 1.54) is 6.39 Å². The largest absolute Gasteiger partial charge is 0.423 e. The standard InChI is InChI=1S/C8H4ClN2O/c9-7-3-1-2-6(4-7)8-11-10-5-12-8/h1-2,4-5H. The molecular weight excluding hydrogens is 176 g/mol. The monoisotopic (exact) mass is 179 g/mol. The second-order valence-corrected chi connectivity index (χ2v) is 2.58. The maximum Gasteiger partial charge on any atom is 0.247 e. The van der Waals surface area contributed by atoms with Crippen LogP contribution in [0.2, 0.25) is 5.02 Å². The molecule has 0 atom stereocenters. The third-order valence-corrected chi connectivity index (χ3v) is 1.59. The van der Waals surface area contributed by atoms with E-state index in [2.05, 4.69) is 16.3 Å². The minimum absolute atomic E-state index is 0.464. The number of halogens is 1. The molecule has 1 radical (unpaired) electrons. The number of nitrogens with zero attached hydrogens (tertiary/aromatic N) is 2. The Kier molecular flexibility index (Phi) is 1.80. The molecule has 0 aliphatic rings. The molecule has 0 saturated carbocycles. The SMILES string of the molecule is Clc1[c]ccc(-c2nnco2)c1. The van der Waals surface area contributed by atoms with E-state index in [4.69, 9.17) is 16.0 Å².